The van der Waals surface area contributed by atoms with Gasteiger partial charge in [0.2, 0.25) is 5.91 Å². The topological polar surface area (TPSA) is 80.6 Å². The number of hydrogen-bond donors (Lipinski definition) is 0. The first-order valence-electron chi connectivity index (χ1n) is 8.92. The summed E-state index contributed by atoms with van der Waals surface area (Å²) in [6.45, 7) is 1.90. The molecule has 5 rings (SSSR count). The van der Waals surface area contributed by atoms with E-state index in [0.29, 0.717) is 38.2 Å². The van der Waals surface area contributed by atoms with Crippen LogP contribution in [0.3, 0.4) is 0 Å². The van der Waals surface area contributed by atoms with Gasteiger partial charge in [-0.3, -0.25) is 9.59 Å². The van der Waals surface area contributed by atoms with E-state index in [-0.39, 0.29) is 17.9 Å². The van der Waals surface area contributed by atoms with E-state index in [1.165, 1.54) is 6.20 Å². The second kappa shape index (κ2) is 5.63. The predicted molar refractivity (Wildman–Crippen MR) is 90.4 cm³/mol. The first-order chi connectivity index (χ1) is 12.7. The molecule has 0 aliphatic carbocycles. The molecule has 1 aromatic carbocycles. The molecule has 0 N–H and O–H groups in total. The maximum Gasteiger partial charge on any atom is 0.274 e. The van der Waals surface area contributed by atoms with Crippen molar-refractivity contribution in [1.82, 2.24) is 24.8 Å². The number of carbonyl (C=O) groups excluding carboxylic acids is 2. The van der Waals surface area contributed by atoms with Gasteiger partial charge in [-0.25, -0.2) is 4.68 Å². The minimum atomic E-state index is -0.643. The lowest BCUT2D eigenvalue weighted by molar-refractivity contribution is -0.179. The highest BCUT2D eigenvalue weighted by atomic mass is 16.5. The van der Waals surface area contributed by atoms with Gasteiger partial charge in [-0.15, -0.1) is 5.10 Å². The number of ether oxygens (including phenoxy) is 1. The van der Waals surface area contributed by atoms with E-state index in [9.17, 15) is 9.59 Å². The molecule has 0 unspecified atom stereocenters. The molecule has 1 aromatic heterocycles. The highest BCUT2D eigenvalue weighted by Crippen LogP contribution is 2.45. The Morgan fingerprint density at radius 3 is 2.92 bits per heavy atom. The minimum Gasteiger partial charge on any atom is -0.353 e. The average molecular weight is 353 g/mol. The third-order valence-corrected chi connectivity index (χ3v) is 5.64. The van der Waals surface area contributed by atoms with E-state index in [2.05, 4.69) is 10.3 Å². The molecular weight excluding hydrogens is 334 g/mol. The highest BCUT2D eigenvalue weighted by molar-refractivity contribution is 5.94. The van der Waals surface area contributed by atoms with Crippen LogP contribution < -0.4 is 0 Å². The Morgan fingerprint density at radius 1 is 1.23 bits per heavy atom. The highest BCUT2D eigenvalue weighted by Gasteiger charge is 2.61. The Balaban J connectivity index is 1.48. The number of benzene rings is 1. The molecule has 0 saturated carbocycles. The number of carbonyl (C=O) groups is 2. The van der Waals surface area contributed by atoms with Crippen molar-refractivity contribution >= 4 is 11.8 Å². The number of aromatic nitrogens is 3. The van der Waals surface area contributed by atoms with Gasteiger partial charge >= 0.3 is 0 Å². The second-order valence-electron chi connectivity index (χ2n) is 6.93. The molecular formula is C18H19N5O3. The zero-order valence-corrected chi connectivity index (χ0v) is 14.2. The molecule has 8 heteroatoms. The van der Waals surface area contributed by atoms with Gasteiger partial charge in [0.1, 0.15) is 0 Å². The van der Waals surface area contributed by atoms with Crippen molar-refractivity contribution < 1.29 is 14.3 Å². The molecule has 134 valence electrons. The van der Waals surface area contributed by atoms with Crippen LogP contribution in [0.25, 0.3) is 5.69 Å². The normalized spacial score (nSPS) is 27.5. The van der Waals surface area contributed by atoms with Crippen LogP contribution in [0.1, 0.15) is 29.8 Å². The average Bonchev–Trinajstić information content (AvgIpc) is 3.35. The Hall–Kier alpha value is -2.74. The number of likely N-dealkylation sites (tertiary alicyclic amines) is 1. The van der Waals surface area contributed by atoms with Gasteiger partial charge in [0, 0.05) is 19.5 Å². The van der Waals surface area contributed by atoms with E-state index >= 15 is 0 Å². The molecule has 4 heterocycles. The fourth-order valence-electron chi connectivity index (χ4n) is 4.48. The van der Waals surface area contributed by atoms with Crippen LogP contribution in [0.2, 0.25) is 0 Å². The van der Waals surface area contributed by atoms with Gasteiger partial charge in [0.05, 0.1) is 31.0 Å². The predicted octanol–water partition coefficient (Wildman–Crippen LogP) is 0.831. The van der Waals surface area contributed by atoms with Crippen LogP contribution in [-0.4, -0.2) is 68.1 Å². The first-order valence-corrected chi connectivity index (χ1v) is 8.92. The third kappa shape index (κ3) is 2.05. The van der Waals surface area contributed by atoms with Crippen molar-refractivity contribution in [2.24, 2.45) is 0 Å². The van der Waals surface area contributed by atoms with Gasteiger partial charge in [0.15, 0.2) is 11.4 Å². The molecule has 3 aliphatic heterocycles. The fraction of sp³-hybridized carbons (Fsp3) is 0.444. The lowest BCUT2D eigenvalue weighted by atomic mass is 10.0. The van der Waals surface area contributed by atoms with Gasteiger partial charge in [-0.1, -0.05) is 23.4 Å². The summed E-state index contributed by atoms with van der Waals surface area (Å²) in [5.41, 5.74) is 0.533. The molecule has 0 bridgehead atoms. The van der Waals surface area contributed by atoms with Gasteiger partial charge in [-0.05, 0) is 18.6 Å². The van der Waals surface area contributed by atoms with Crippen molar-refractivity contribution in [3.05, 3.63) is 42.2 Å². The summed E-state index contributed by atoms with van der Waals surface area (Å²) in [7, 11) is 0. The molecule has 2 atom stereocenters. The number of para-hydroxylation sites is 1. The maximum atomic E-state index is 13.3. The summed E-state index contributed by atoms with van der Waals surface area (Å²) in [5.74, 6) is -0.0913. The van der Waals surface area contributed by atoms with Crippen LogP contribution in [-0.2, 0) is 9.53 Å². The van der Waals surface area contributed by atoms with Crippen molar-refractivity contribution in [3.63, 3.8) is 0 Å². The Morgan fingerprint density at radius 2 is 2.08 bits per heavy atom. The van der Waals surface area contributed by atoms with Crippen LogP contribution in [0.15, 0.2) is 36.5 Å². The molecule has 3 fully saturated rings. The lowest BCUT2D eigenvalue weighted by Gasteiger charge is -2.42. The van der Waals surface area contributed by atoms with Gasteiger partial charge < -0.3 is 14.5 Å². The van der Waals surface area contributed by atoms with Crippen LogP contribution in [0.5, 0.6) is 0 Å². The third-order valence-electron chi connectivity index (χ3n) is 5.64. The van der Waals surface area contributed by atoms with E-state index in [1.54, 1.807) is 9.58 Å². The molecule has 3 saturated heterocycles. The molecule has 2 aromatic rings. The Kier molecular flexibility index (Phi) is 3.36. The number of amides is 2. The zero-order valence-electron chi connectivity index (χ0n) is 14.2. The molecule has 8 nitrogen and oxygen atoms in total. The number of nitrogens with zero attached hydrogens (tertiary/aromatic N) is 5. The van der Waals surface area contributed by atoms with Crippen molar-refractivity contribution in [3.8, 4) is 5.69 Å². The zero-order chi connectivity index (χ0) is 17.7. The standard InChI is InChI=1S/C18H19N5O3/c24-16-11-15-18(22(16)8-4-10-26-18)7-9-21(15)17(25)14-12-19-20-23(14)13-5-2-1-3-6-13/h1-3,5-6,12,15H,4,7-11H2/t15-,18+/m1/s1. The summed E-state index contributed by atoms with van der Waals surface area (Å²) in [6, 6.07) is 9.19. The summed E-state index contributed by atoms with van der Waals surface area (Å²) in [4.78, 5) is 29.3. The largest absolute Gasteiger partial charge is 0.353 e. The SMILES string of the molecule is O=C(c1cnnn1-c1ccccc1)N1CC[C@@]23OCCCN2C(=O)C[C@@H]13. The number of rotatable bonds is 2. The van der Waals surface area contributed by atoms with Crippen molar-refractivity contribution in [2.75, 3.05) is 19.7 Å². The van der Waals surface area contributed by atoms with Crippen LogP contribution >= 0.6 is 0 Å². The van der Waals surface area contributed by atoms with Gasteiger partial charge in [-0.2, -0.15) is 0 Å². The van der Waals surface area contributed by atoms with E-state index in [1.807, 2.05) is 35.2 Å². The minimum absolute atomic E-state index is 0.0712. The molecule has 1 spiro atoms. The van der Waals surface area contributed by atoms with E-state index < -0.39 is 5.72 Å². The Labute approximate surface area is 150 Å². The van der Waals surface area contributed by atoms with Crippen molar-refractivity contribution in [1.29, 1.82) is 0 Å². The monoisotopic (exact) mass is 353 g/mol. The maximum absolute atomic E-state index is 13.3. The lowest BCUT2D eigenvalue weighted by Crippen LogP contribution is -2.56. The van der Waals surface area contributed by atoms with Crippen LogP contribution in [0, 0.1) is 0 Å². The van der Waals surface area contributed by atoms with Gasteiger partial charge in [0.25, 0.3) is 5.91 Å². The molecule has 2 amide bonds. The summed E-state index contributed by atoms with van der Waals surface area (Å²) < 4.78 is 7.61. The fourth-order valence-corrected chi connectivity index (χ4v) is 4.48. The quantitative estimate of drug-likeness (QED) is 0.799. The summed E-state index contributed by atoms with van der Waals surface area (Å²) in [6.07, 6.45) is 3.30. The molecule has 3 aliphatic rings. The Bertz CT molecular complexity index is 867. The smallest absolute Gasteiger partial charge is 0.274 e. The van der Waals surface area contributed by atoms with Crippen molar-refractivity contribution in [2.45, 2.75) is 31.0 Å². The van der Waals surface area contributed by atoms with E-state index in [4.69, 9.17) is 4.74 Å². The molecule has 26 heavy (non-hydrogen) atoms. The summed E-state index contributed by atoms with van der Waals surface area (Å²) in [5, 5.41) is 8.00. The summed E-state index contributed by atoms with van der Waals surface area (Å²) >= 11 is 0. The second-order valence-corrected chi connectivity index (χ2v) is 6.93. The number of hydrogen-bond acceptors (Lipinski definition) is 5. The first kappa shape index (κ1) is 15.5. The van der Waals surface area contributed by atoms with E-state index in [0.717, 1.165) is 12.1 Å². The van der Waals surface area contributed by atoms with Crippen LogP contribution in [0.4, 0.5) is 0 Å². The molecule has 0 radical (unpaired) electrons.